The van der Waals surface area contributed by atoms with Crippen LogP contribution in [0.5, 0.6) is 0 Å². The molecule has 1 aliphatic rings. The van der Waals surface area contributed by atoms with Crippen LogP contribution in [-0.4, -0.2) is 29.1 Å². The van der Waals surface area contributed by atoms with Gasteiger partial charge in [0.1, 0.15) is 0 Å². The molecule has 0 radical (unpaired) electrons. The van der Waals surface area contributed by atoms with Gasteiger partial charge in [0.15, 0.2) is 0 Å². The van der Waals surface area contributed by atoms with E-state index in [1.165, 1.54) is 0 Å². The minimum atomic E-state index is -0.696. The first-order chi connectivity index (χ1) is 8.99. The fraction of sp³-hybridized carbons (Fsp3) is 0.500. The summed E-state index contributed by atoms with van der Waals surface area (Å²) in [5, 5.41) is 9.86. The van der Waals surface area contributed by atoms with Crippen molar-refractivity contribution in [2.45, 2.75) is 25.8 Å². The molecule has 3 nitrogen and oxygen atoms in total. The van der Waals surface area contributed by atoms with Gasteiger partial charge >= 0.3 is 5.97 Å². The van der Waals surface area contributed by atoms with Crippen LogP contribution in [0.2, 0.25) is 5.02 Å². The zero-order valence-corrected chi connectivity index (χ0v) is 13.1. The molecule has 1 N–H and O–H groups in total. The quantitative estimate of drug-likeness (QED) is 0.900. The van der Waals surface area contributed by atoms with Gasteiger partial charge in [-0.3, -0.25) is 9.69 Å². The van der Waals surface area contributed by atoms with Crippen LogP contribution >= 0.6 is 27.5 Å². The highest BCUT2D eigenvalue weighted by atomic mass is 79.9. The molecule has 1 aromatic rings. The van der Waals surface area contributed by atoms with Gasteiger partial charge in [-0.05, 0) is 44.0 Å². The predicted molar refractivity (Wildman–Crippen MR) is 79.5 cm³/mol. The van der Waals surface area contributed by atoms with Gasteiger partial charge in [-0.15, -0.1) is 0 Å². The number of nitrogens with zero attached hydrogens (tertiary/aromatic N) is 1. The van der Waals surface area contributed by atoms with Gasteiger partial charge in [-0.1, -0.05) is 33.6 Å². The molecule has 0 spiro atoms. The monoisotopic (exact) mass is 345 g/mol. The zero-order valence-electron chi connectivity index (χ0n) is 10.8. The molecule has 0 aliphatic carbocycles. The third-order valence-corrected chi connectivity index (χ3v) is 4.58. The first-order valence-electron chi connectivity index (χ1n) is 6.41. The highest BCUT2D eigenvalue weighted by Gasteiger charge is 2.29. The lowest BCUT2D eigenvalue weighted by atomic mass is 9.95. The molecule has 0 amide bonds. The van der Waals surface area contributed by atoms with E-state index in [4.69, 9.17) is 16.7 Å². The lowest BCUT2D eigenvalue weighted by Gasteiger charge is -2.35. The van der Waals surface area contributed by atoms with Gasteiger partial charge in [0.2, 0.25) is 0 Å². The van der Waals surface area contributed by atoms with Crippen molar-refractivity contribution in [1.29, 1.82) is 0 Å². The Labute approximate surface area is 126 Å². The topological polar surface area (TPSA) is 40.5 Å². The van der Waals surface area contributed by atoms with Crippen molar-refractivity contribution in [3.05, 3.63) is 33.3 Å². The molecule has 19 heavy (non-hydrogen) atoms. The van der Waals surface area contributed by atoms with Crippen molar-refractivity contribution in [3.8, 4) is 0 Å². The predicted octanol–water partition coefficient (Wildman–Crippen LogP) is 3.96. The van der Waals surface area contributed by atoms with Crippen molar-refractivity contribution >= 4 is 33.5 Å². The van der Waals surface area contributed by atoms with E-state index in [0.29, 0.717) is 6.54 Å². The number of hydrogen-bond donors (Lipinski definition) is 1. The first kappa shape index (κ1) is 14.8. The van der Waals surface area contributed by atoms with Gasteiger partial charge in [0.05, 0.1) is 5.92 Å². The summed E-state index contributed by atoms with van der Waals surface area (Å²) >= 11 is 9.66. The molecule has 2 atom stereocenters. The van der Waals surface area contributed by atoms with Crippen LogP contribution in [0.4, 0.5) is 0 Å². The summed E-state index contributed by atoms with van der Waals surface area (Å²) in [6.07, 6.45) is 1.70. The molecule has 1 aromatic carbocycles. The molecular weight excluding hydrogens is 330 g/mol. The average molecular weight is 347 g/mol. The molecule has 1 aliphatic heterocycles. The number of halogens is 2. The SMILES string of the molecule is CC(c1ccc(Br)cc1Cl)N1CCCC(C(=O)O)C1. The van der Waals surface area contributed by atoms with Gasteiger partial charge in [-0.25, -0.2) is 0 Å². The van der Waals surface area contributed by atoms with Crippen LogP contribution in [0.1, 0.15) is 31.4 Å². The summed E-state index contributed by atoms with van der Waals surface area (Å²) in [4.78, 5) is 13.3. The number of piperidine rings is 1. The summed E-state index contributed by atoms with van der Waals surface area (Å²) in [6, 6.07) is 5.99. The largest absolute Gasteiger partial charge is 0.481 e. The van der Waals surface area contributed by atoms with Gasteiger partial charge in [0, 0.05) is 22.1 Å². The van der Waals surface area contributed by atoms with Crippen LogP contribution < -0.4 is 0 Å². The maximum Gasteiger partial charge on any atom is 0.307 e. The zero-order chi connectivity index (χ0) is 14.0. The maximum absolute atomic E-state index is 11.1. The van der Waals surface area contributed by atoms with E-state index in [1.54, 1.807) is 0 Å². The molecule has 0 saturated carbocycles. The molecule has 0 aromatic heterocycles. The highest BCUT2D eigenvalue weighted by molar-refractivity contribution is 9.10. The molecule has 5 heteroatoms. The van der Waals surface area contributed by atoms with E-state index in [1.807, 2.05) is 18.2 Å². The van der Waals surface area contributed by atoms with E-state index in [-0.39, 0.29) is 12.0 Å². The number of carboxylic acid groups (broad SMARTS) is 1. The number of hydrogen-bond acceptors (Lipinski definition) is 2. The van der Waals surface area contributed by atoms with Crippen molar-refractivity contribution in [2.75, 3.05) is 13.1 Å². The maximum atomic E-state index is 11.1. The van der Waals surface area contributed by atoms with Crippen molar-refractivity contribution < 1.29 is 9.90 Å². The second-order valence-electron chi connectivity index (χ2n) is 5.01. The fourth-order valence-corrected chi connectivity index (χ4v) is 3.43. The van der Waals surface area contributed by atoms with Crippen LogP contribution in [0, 0.1) is 5.92 Å². The lowest BCUT2D eigenvalue weighted by molar-refractivity contribution is -0.143. The Kier molecular flexibility index (Phi) is 4.87. The summed E-state index contributed by atoms with van der Waals surface area (Å²) in [7, 11) is 0. The third kappa shape index (κ3) is 3.50. The van der Waals surface area contributed by atoms with E-state index in [9.17, 15) is 4.79 Å². The Morgan fingerprint density at radius 3 is 2.95 bits per heavy atom. The number of likely N-dealkylation sites (tertiary alicyclic amines) is 1. The second-order valence-corrected chi connectivity index (χ2v) is 6.34. The Balaban J connectivity index is 2.14. The number of rotatable bonds is 3. The van der Waals surface area contributed by atoms with Crippen molar-refractivity contribution in [3.63, 3.8) is 0 Å². The molecule has 2 rings (SSSR count). The van der Waals surface area contributed by atoms with E-state index in [2.05, 4.69) is 27.8 Å². The summed E-state index contributed by atoms with van der Waals surface area (Å²) in [6.45, 7) is 3.61. The standard InChI is InChI=1S/C14H17BrClNO2/c1-9(12-5-4-11(15)7-13(12)16)17-6-2-3-10(8-17)14(18)19/h4-5,7,9-10H,2-3,6,8H2,1H3,(H,18,19). The van der Waals surface area contributed by atoms with Crippen LogP contribution in [-0.2, 0) is 4.79 Å². The number of carboxylic acids is 1. The van der Waals surface area contributed by atoms with E-state index < -0.39 is 5.97 Å². The Bertz CT molecular complexity index is 481. The van der Waals surface area contributed by atoms with E-state index >= 15 is 0 Å². The molecule has 104 valence electrons. The van der Waals surface area contributed by atoms with Gasteiger partial charge in [0.25, 0.3) is 0 Å². The summed E-state index contributed by atoms with van der Waals surface area (Å²) < 4.78 is 0.954. The second kappa shape index (κ2) is 6.25. The summed E-state index contributed by atoms with van der Waals surface area (Å²) in [5.74, 6) is -0.954. The Morgan fingerprint density at radius 1 is 1.58 bits per heavy atom. The van der Waals surface area contributed by atoms with Gasteiger partial charge < -0.3 is 5.11 Å². The molecule has 1 fully saturated rings. The Morgan fingerprint density at radius 2 is 2.32 bits per heavy atom. The minimum Gasteiger partial charge on any atom is -0.481 e. The number of benzene rings is 1. The average Bonchev–Trinajstić information content (AvgIpc) is 2.38. The van der Waals surface area contributed by atoms with Crippen LogP contribution in [0.25, 0.3) is 0 Å². The third-order valence-electron chi connectivity index (χ3n) is 3.76. The summed E-state index contributed by atoms with van der Waals surface area (Å²) in [5.41, 5.74) is 1.05. The molecule has 1 heterocycles. The Hall–Kier alpha value is -0.580. The number of carbonyl (C=O) groups is 1. The normalized spacial score (nSPS) is 22.2. The highest BCUT2D eigenvalue weighted by Crippen LogP contribution is 2.32. The van der Waals surface area contributed by atoms with E-state index in [0.717, 1.165) is 34.4 Å². The molecule has 2 unspecified atom stereocenters. The van der Waals surface area contributed by atoms with Gasteiger partial charge in [-0.2, -0.15) is 0 Å². The van der Waals surface area contributed by atoms with Crippen molar-refractivity contribution in [2.24, 2.45) is 5.92 Å². The lowest BCUT2D eigenvalue weighted by Crippen LogP contribution is -2.40. The van der Waals surface area contributed by atoms with Crippen LogP contribution in [0.15, 0.2) is 22.7 Å². The van der Waals surface area contributed by atoms with Crippen molar-refractivity contribution in [1.82, 2.24) is 4.90 Å². The molecular formula is C14H17BrClNO2. The smallest absolute Gasteiger partial charge is 0.307 e. The van der Waals surface area contributed by atoms with Crippen LogP contribution in [0.3, 0.4) is 0 Å². The number of aliphatic carboxylic acids is 1. The first-order valence-corrected chi connectivity index (χ1v) is 7.58. The molecule has 0 bridgehead atoms. The molecule has 1 saturated heterocycles. The fourth-order valence-electron chi connectivity index (χ4n) is 2.60. The minimum absolute atomic E-state index is 0.141.